The molecule has 2 saturated carbocycles. The van der Waals surface area contributed by atoms with E-state index in [-0.39, 0.29) is 10.5 Å². The Morgan fingerprint density at radius 3 is 1.52 bits per heavy atom. The SMILES string of the molecule is NS(=O)(=O)C1CN(C2CCC2)C1.NS(=O)(=O)C1CNC1.O=C1CCC1. The third-order valence-corrected chi connectivity index (χ3v) is 7.54. The van der Waals surface area contributed by atoms with E-state index in [4.69, 9.17) is 10.3 Å². The molecular weight excluding hydrogens is 368 g/mol. The van der Waals surface area contributed by atoms with E-state index in [2.05, 4.69) is 10.2 Å². The normalized spacial score (nSPS) is 25.1. The summed E-state index contributed by atoms with van der Waals surface area (Å²) in [5, 5.41) is 12.0. The molecule has 0 radical (unpaired) electrons. The van der Waals surface area contributed by atoms with Crippen molar-refractivity contribution < 1.29 is 21.6 Å². The number of carbonyl (C=O) groups excluding carboxylic acids is 1. The minimum absolute atomic E-state index is 0.293. The van der Waals surface area contributed by atoms with Crippen LogP contribution in [0.4, 0.5) is 0 Å². The molecule has 0 amide bonds. The van der Waals surface area contributed by atoms with Gasteiger partial charge in [0.2, 0.25) is 20.0 Å². The van der Waals surface area contributed by atoms with Gasteiger partial charge in [-0.05, 0) is 19.3 Å². The average molecular weight is 397 g/mol. The molecule has 0 aromatic rings. The number of primary sulfonamides is 2. The van der Waals surface area contributed by atoms with Crippen molar-refractivity contribution in [2.75, 3.05) is 26.2 Å². The molecule has 0 atom stereocenters. The number of rotatable bonds is 3. The summed E-state index contributed by atoms with van der Waals surface area (Å²) in [6.07, 6.45) is 6.59. The van der Waals surface area contributed by atoms with E-state index < -0.39 is 20.0 Å². The second-order valence-electron chi connectivity index (χ2n) is 7.01. The summed E-state index contributed by atoms with van der Waals surface area (Å²) in [6, 6.07) is 0.656. The minimum Gasteiger partial charge on any atom is -0.314 e. The van der Waals surface area contributed by atoms with Gasteiger partial charge in [0.15, 0.2) is 0 Å². The number of nitrogens with two attached hydrogens (primary N) is 2. The van der Waals surface area contributed by atoms with Crippen molar-refractivity contribution in [3.05, 3.63) is 0 Å². The lowest BCUT2D eigenvalue weighted by atomic mass is 9.89. The van der Waals surface area contributed by atoms with Gasteiger partial charge in [-0.1, -0.05) is 6.42 Å². The molecule has 4 rings (SSSR count). The first-order valence-corrected chi connectivity index (χ1v) is 11.8. The summed E-state index contributed by atoms with van der Waals surface area (Å²) in [5.74, 6) is 0.435. The first kappa shape index (κ1) is 20.7. The molecular formula is C14H28N4O5S2. The van der Waals surface area contributed by atoms with Gasteiger partial charge in [0, 0.05) is 45.1 Å². The van der Waals surface area contributed by atoms with E-state index in [9.17, 15) is 21.6 Å². The first-order valence-electron chi connectivity index (χ1n) is 8.57. The molecule has 0 unspecified atom stereocenters. The maximum atomic E-state index is 10.8. The van der Waals surface area contributed by atoms with Gasteiger partial charge < -0.3 is 5.32 Å². The number of likely N-dealkylation sites (tertiary alicyclic amines) is 1. The zero-order chi connectivity index (χ0) is 18.7. The fourth-order valence-electron chi connectivity index (χ4n) is 2.54. The lowest BCUT2D eigenvalue weighted by Crippen LogP contribution is -2.61. The number of nitrogens with one attached hydrogen (secondary N) is 1. The number of carbonyl (C=O) groups is 1. The third kappa shape index (κ3) is 6.26. The van der Waals surface area contributed by atoms with Crippen molar-refractivity contribution in [2.45, 2.75) is 55.1 Å². The molecule has 4 fully saturated rings. The molecule has 146 valence electrons. The highest BCUT2D eigenvalue weighted by molar-refractivity contribution is 7.90. The largest absolute Gasteiger partial charge is 0.314 e. The zero-order valence-corrected chi connectivity index (χ0v) is 15.9. The van der Waals surface area contributed by atoms with Crippen molar-refractivity contribution in [1.29, 1.82) is 0 Å². The van der Waals surface area contributed by atoms with Crippen molar-refractivity contribution >= 4 is 25.8 Å². The molecule has 4 aliphatic rings. The highest BCUT2D eigenvalue weighted by Crippen LogP contribution is 2.29. The molecule has 5 N–H and O–H groups in total. The molecule has 2 aliphatic heterocycles. The maximum absolute atomic E-state index is 10.8. The molecule has 0 aromatic carbocycles. The van der Waals surface area contributed by atoms with Crippen LogP contribution < -0.4 is 15.6 Å². The summed E-state index contributed by atoms with van der Waals surface area (Å²) < 4.78 is 42.4. The lowest BCUT2D eigenvalue weighted by molar-refractivity contribution is -0.123. The van der Waals surface area contributed by atoms with E-state index in [1.54, 1.807) is 0 Å². The predicted molar refractivity (Wildman–Crippen MR) is 94.7 cm³/mol. The van der Waals surface area contributed by atoms with Crippen molar-refractivity contribution in [3.63, 3.8) is 0 Å². The Bertz CT molecular complexity index is 659. The Labute approximate surface area is 149 Å². The van der Waals surface area contributed by atoms with Crippen LogP contribution in [-0.2, 0) is 24.8 Å². The Hall–Kier alpha value is -0.590. The van der Waals surface area contributed by atoms with Crippen molar-refractivity contribution in [1.82, 2.24) is 10.2 Å². The van der Waals surface area contributed by atoms with E-state index in [0.717, 1.165) is 19.3 Å². The number of hydrogen-bond donors (Lipinski definition) is 3. The monoisotopic (exact) mass is 396 g/mol. The number of Topliss-reactive ketones (excluding diaryl/α,β-unsaturated/α-hetero) is 1. The van der Waals surface area contributed by atoms with Crippen LogP contribution in [0.5, 0.6) is 0 Å². The lowest BCUT2D eigenvalue weighted by Gasteiger charge is -2.46. The Morgan fingerprint density at radius 2 is 1.36 bits per heavy atom. The molecule has 0 spiro atoms. The Kier molecular flexibility index (Phi) is 6.96. The molecule has 9 nitrogen and oxygen atoms in total. The average Bonchev–Trinajstić information content (AvgIpc) is 2.23. The Morgan fingerprint density at radius 1 is 0.880 bits per heavy atom. The summed E-state index contributed by atoms with van der Waals surface area (Å²) in [6.45, 7) is 2.34. The van der Waals surface area contributed by atoms with Gasteiger partial charge in [0.25, 0.3) is 0 Å². The van der Waals surface area contributed by atoms with Crippen LogP contribution in [0, 0.1) is 0 Å². The molecule has 0 aromatic heterocycles. The number of hydrogen-bond acceptors (Lipinski definition) is 7. The van der Waals surface area contributed by atoms with Gasteiger partial charge in [0.1, 0.15) is 11.0 Å². The van der Waals surface area contributed by atoms with Crippen LogP contribution in [0.25, 0.3) is 0 Å². The topological polar surface area (TPSA) is 153 Å². The highest BCUT2D eigenvalue weighted by atomic mass is 32.2. The van der Waals surface area contributed by atoms with Gasteiger partial charge in [-0.3, -0.25) is 9.69 Å². The predicted octanol–water partition coefficient (Wildman–Crippen LogP) is -1.50. The second kappa shape index (κ2) is 8.40. The van der Waals surface area contributed by atoms with Gasteiger partial charge in [-0.15, -0.1) is 0 Å². The van der Waals surface area contributed by atoms with Crippen molar-refractivity contribution in [2.24, 2.45) is 10.3 Å². The first-order chi connectivity index (χ1) is 11.6. The molecule has 11 heteroatoms. The van der Waals surface area contributed by atoms with E-state index in [0.29, 0.717) is 38.0 Å². The number of ketones is 1. The quantitative estimate of drug-likeness (QED) is 0.524. The van der Waals surface area contributed by atoms with Crippen LogP contribution >= 0.6 is 0 Å². The fraction of sp³-hybridized carbons (Fsp3) is 0.929. The number of nitrogens with zero attached hydrogens (tertiary/aromatic N) is 1. The van der Waals surface area contributed by atoms with Crippen LogP contribution in [-0.4, -0.2) is 70.2 Å². The summed E-state index contributed by atoms with van der Waals surface area (Å²) in [5.41, 5.74) is 0. The second-order valence-corrected chi connectivity index (χ2v) is 10.7. The van der Waals surface area contributed by atoms with Crippen LogP contribution in [0.1, 0.15) is 38.5 Å². The fourth-order valence-corrected chi connectivity index (χ4v) is 4.04. The standard InChI is InChI=1S/C7H14N2O2S.C4H6O.C3H8N2O2S/c8-12(10,11)7-4-9(5-7)6-2-1-3-6;5-4-2-1-3-4;4-8(6,7)3-1-5-2-3/h6-7H,1-5H2,(H2,8,10,11);1-3H2;3,5H,1-2H2,(H2,4,6,7). The summed E-state index contributed by atoms with van der Waals surface area (Å²) in [7, 11) is -6.49. The van der Waals surface area contributed by atoms with Crippen LogP contribution in [0.15, 0.2) is 0 Å². The smallest absolute Gasteiger partial charge is 0.214 e. The third-order valence-electron chi connectivity index (χ3n) is 5.05. The molecule has 2 heterocycles. The minimum atomic E-state index is -3.26. The van der Waals surface area contributed by atoms with Gasteiger partial charge in [-0.25, -0.2) is 27.1 Å². The molecule has 2 aliphatic carbocycles. The van der Waals surface area contributed by atoms with Crippen LogP contribution in [0.3, 0.4) is 0 Å². The van der Waals surface area contributed by atoms with Crippen LogP contribution in [0.2, 0.25) is 0 Å². The number of sulfonamides is 2. The van der Waals surface area contributed by atoms with Gasteiger partial charge in [0.05, 0.1) is 5.25 Å². The summed E-state index contributed by atoms with van der Waals surface area (Å²) >= 11 is 0. The Balaban J connectivity index is 0.000000149. The molecule has 25 heavy (non-hydrogen) atoms. The highest BCUT2D eigenvalue weighted by Gasteiger charge is 2.40. The summed E-state index contributed by atoms with van der Waals surface area (Å²) in [4.78, 5) is 12.1. The molecule has 2 saturated heterocycles. The van der Waals surface area contributed by atoms with Gasteiger partial charge in [-0.2, -0.15) is 0 Å². The van der Waals surface area contributed by atoms with E-state index in [1.165, 1.54) is 19.3 Å². The zero-order valence-electron chi connectivity index (χ0n) is 14.3. The van der Waals surface area contributed by atoms with E-state index >= 15 is 0 Å². The van der Waals surface area contributed by atoms with E-state index in [1.807, 2.05) is 0 Å². The van der Waals surface area contributed by atoms with Gasteiger partial charge >= 0.3 is 0 Å². The molecule has 0 bridgehead atoms. The maximum Gasteiger partial charge on any atom is 0.214 e. The van der Waals surface area contributed by atoms with Crippen molar-refractivity contribution in [3.8, 4) is 0 Å².